The highest BCUT2D eigenvalue weighted by atomic mass is 32.2. The molecule has 1 atom stereocenters. The minimum atomic E-state index is -4.13. The number of nitrogens with zero attached hydrogens (tertiary/aromatic N) is 1. The van der Waals surface area contributed by atoms with E-state index >= 15 is 0 Å². The lowest BCUT2D eigenvalue weighted by Crippen LogP contribution is -2.55. The number of ether oxygens (including phenoxy) is 3. The van der Waals surface area contributed by atoms with Gasteiger partial charge in [0.1, 0.15) is 16.6 Å². The van der Waals surface area contributed by atoms with E-state index < -0.39 is 39.9 Å². The summed E-state index contributed by atoms with van der Waals surface area (Å²) in [6, 6.07) is 0. The normalized spacial score (nSPS) is 22.3. The van der Waals surface area contributed by atoms with E-state index in [1.54, 1.807) is 20.8 Å². The van der Waals surface area contributed by atoms with E-state index in [2.05, 4.69) is 0 Å². The third-order valence-electron chi connectivity index (χ3n) is 5.63. The molecule has 0 aliphatic carbocycles. The molecule has 10 heteroatoms. The van der Waals surface area contributed by atoms with Crippen molar-refractivity contribution >= 4 is 17.0 Å². The molecule has 2 rings (SSSR count). The Morgan fingerprint density at radius 3 is 2.29 bits per heavy atom. The molecule has 0 bridgehead atoms. The second kappa shape index (κ2) is 11.4. The zero-order valence-corrected chi connectivity index (χ0v) is 19.6. The summed E-state index contributed by atoms with van der Waals surface area (Å²) in [5.74, 6) is -0.0426. The van der Waals surface area contributed by atoms with Gasteiger partial charge in [0.2, 0.25) is 0 Å². The zero-order chi connectivity index (χ0) is 23.1. The van der Waals surface area contributed by atoms with Crippen molar-refractivity contribution in [3.05, 3.63) is 0 Å². The van der Waals surface area contributed by atoms with Gasteiger partial charge in [-0.05, 0) is 65.2 Å². The van der Waals surface area contributed by atoms with Gasteiger partial charge in [-0.3, -0.25) is 4.79 Å². The topological polar surface area (TPSA) is 65.1 Å². The molecular formula is C21H36F3NO5S. The molecule has 2 heterocycles. The van der Waals surface area contributed by atoms with E-state index in [0.717, 1.165) is 19.3 Å². The Kier molecular flexibility index (Phi) is 9.78. The van der Waals surface area contributed by atoms with Gasteiger partial charge in [0.05, 0.1) is 0 Å². The van der Waals surface area contributed by atoms with E-state index in [9.17, 15) is 22.2 Å². The van der Waals surface area contributed by atoms with Crippen molar-refractivity contribution in [2.45, 2.75) is 82.2 Å². The Bertz CT molecular complexity index is 595. The summed E-state index contributed by atoms with van der Waals surface area (Å²) < 4.78 is 67.1. The van der Waals surface area contributed by atoms with Crippen LogP contribution in [0.25, 0.3) is 0 Å². The highest BCUT2D eigenvalue weighted by Crippen LogP contribution is 2.34. The van der Waals surface area contributed by atoms with Crippen LogP contribution < -0.4 is 0 Å². The summed E-state index contributed by atoms with van der Waals surface area (Å²) in [5, 5.41) is 0. The monoisotopic (exact) mass is 471 g/mol. The minimum Gasteiger partial charge on any atom is -0.459 e. The van der Waals surface area contributed by atoms with Crippen molar-refractivity contribution in [1.82, 2.24) is 4.31 Å². The summed E-state index contributed by atoms with van der Waals surface area (Å²) >= 11 is 0. The molecule has 0 aromatic rings. The summed E-state index contributed by atoms with van der Waals surface area (Å²) in [6.45, 7) is 7.94. The molecule has 2 fully saturated rings. The number of esters is 1. The van der Waals surface area contributed by atoms with Crippen LogP contribution in [0.15, 0.2) is 0 Å². The highest BCUT2D eigenvalue weighted by molar-refractivity contribution is 7.85. The number of halogens is 3. The van der Waals surface area contributed by atoms with Gasteiger partial charge < -0.3 is 14.2 Å². The van der Waals surface area contributed by atoms with E-state index in [4.69, 9.17) is 14.2 Å². The molecule has 0 radical (unpaired) electrons. The Hall–Kier alpha value is -0.710. The van der Waals surface area contributed by atoms with Gasteiger partial charge in [-0.2, -0.15) is 13.2 Å². The summed E-state index contributed by atoms with van der Waals surface area (Å²) in [6.07, 6.45) is -1.80. The van der Waals surface area contributed by atoms with Crippen LogP contribution in [0, 0.1) is 5.92 Å². The number of alkyl halides is 3. The lowest BCUT2D eigenvalue weighted by Gasteiger charge is -2.41. The maximum absolute atomic E-state index is 13.5. The fraction of sp³-hybridized carbons (Fsp3) is 0.952. The lowest BCUT2D eigenvalue weighted by atomic mass is 9.95. The predicted molar refractivity (Wildman–Crippen MR) is 112 cm³/mol. The van der Waals surface area contributed by atoms with Gasteiger partial charge in [-0.1, -0.05) is 0 Å². The van der Waals surface area contributed by atoms with Crippen LogP contribution in [-0.4, -0.2) is 70.5 Å². The average molecular weight is 472 g/mol. The fourth-order valence-electron chi connectivity index (χ4n) is 3.86. The minimum absolute atomic E-state index is 0.0165. The Balaban J connectivity index is 1.80. The van der Waals surface area contributed by atoms with E-state index in [0.29, 0.717) is 51.7 Å². The van der Waals surface area contributed by atoms with Crippen molar-refractivity contribution in [2.24, 2.45) is 5.92 Å². The van der Waals surface area contributed by atoms with E-state index in [1.165, 1.54) is 0 Å². The van der Waals surface area contributed by atoms with Gasteiger partial charge in [0.25, 0.3) is 0 Å². The number of rotatable bonds is 9. The molecule has 2 aliphatic rings. The van der Waals surface area contributed by atoms with Gasteiger partial charge >= 0.3 is 12.1 Å². The summed E-state index contributed by atoms with van der Waals surface area (Å²) in [4.78, 5) is 13.0. The summed E-state index contributed by atoms with van der Waals surface area (Å²) in [7, 11) is -1.51. The van der Waals surface area contributed by atoms with Crippen LogP contribution in [0.1, 0.15) is 65.7 Å². The molecule has 6 nitrogen and oxygen atoms in total. The lowest BCUT2D eigenvalue weighted by molar-refractivity contribution is -0.160. The number of hydrogen-bond donors (Lipinski definition) is 0. The summed E-state index contributed by atoms with van der Waals surface area (Å²) in [5.41, 5.74) is -0.653. The van der Waals surface area contributed by atoms with Crippen LogP contribution in [-0.2, 0) is 30.0 Å². The molecule has 0 aromatic heterocycles. The molecule has 0 amide bonds. The first kappa shape index (κ1) is 26.5. The van der Waals surface area contributed by atoms with Crippen LogP contribution in [0.2, 0.25) is 0 Å². The maximum Gasteiger partial charge on any atom is 0.389 e. The third-order valence-corrected chi connectivity index (χ3v) is 7.71. The Labute approximate surface area is 185 Å². The number of hydrogen-bond acceptors (Lipinski definition) is 5. The van der Waals surface area contributed by atoms with Crippen LogP contribution in [0.5, 0.6) is 0 Å². The van der Waals surface area contributed by atoms with Gasteiger partial charge in [-0.25, -0.2) is 8.51 Å². The Morgan fingerprint density at radius 1 is 1.13 bits per heavy atom. The predicted octanol–water partition coefficient (Wildman–Crippen LogP) is 4.00. The first-order chi connectivity index (χ1) is 14.4. The van der Waals surface area contributed by atoms with Gasteiger partial charge in [0.15, 0.2) is 4.75 Å². The van der Waals surface area contributed by atoms with Crippen molar-refractivity contribution in [1.29, 1.82) is 0 Å². The van der Waals surface area contributed by atoms with Crippen LogP contribution >= 0.6 is 0 Å². The average Bonchev–Trinajstić information content (AvgIpc) is 2.69. The standard InChI is InChI=1S/C21H36F3NO5S/c1-19(2,3)30-18(26)20(9-15-29-16-10-20)31(27)25-11-5-17(6-12-25)7-14-28-13-4-8-21(22,23)24/h17H,4-16H2,1-3H3. The Morgan fingerprint density at radius 2 is 1.74 bits per heavy atom. The quantitative estimate of drug-likeness (QED) is 0.376. The molecule has 0 spiro atoms. The highest BCUT2D eigenvalue weighted by Gasteiger charge is 2.51. The molecule has 0 N–H and O–H groups in total. The molecular weight excluding hydrogens is 435 g/mol. The molecule has 1 unspecified atom stereocenters. The SMILES string of the molecule is CC(C)(C)OC(=O)C1(S(=O)N2CCC(CCOCCCC(F)(F)F)CC2)CCOCC1. The second-order valence-corrected chi connectivity index (χ2v) is 11.1. The first-order valence-electron chi connectivity index (χ1n) is 11.1. The number of piperidine rings is 1. The van der Waals surface area contributed by atoms with Crippen molar-refractivity contribution in [3.63, 3.8) is 0 Å². The van der Waals surface area contributed by atoms with Crippen LogP contribution in [0.3, 0.4) is 0 Å². The smallest absolute Gasteiger partial charge is 0.389 e. The number of carbonyl (C=O) groups is 1. The molecule has 31 heavy (non-hydrogen) atoms. The van der Waals surface area contributed by atoms with Crippen LogP contribution in [0.4, 0.5) is 13.2 Å². The van der Waals surface area contributed by atoms with Gasteiger partial charge in [0, 0.05) is 45.9 Å². The molecule has 182 valence electrons. The maximum atomic E-state index is 13.5. The van der Waals surface area contributed by atoms with E-state index in [1.807, 2.05) is 4.31 Å². The van der Waals surface area contributed by atoms with Crippen molar-refractivity contribution in [3.8, 4) is 0 Å². The third kappa shape index (κ3) is 8.63. The number of carbonyl (C=O) groups excluding carboxylic acids is 1. The largest absolute Gasteiger partial charge is 0.459 e. The van der Waals surface area contributed by atoms with Crippen molar-refractivity contribution in [2.75, 3.05) is 39.5 Å². The molecule has 0 saturated carbocycles. The second-order valence-electron chi connectivity index (χ2n) is 9.35. The molecule has 2 saturated heterocycles. The molecule has 0 aromatic carbocycles. The van der Waals surface area contributed by atoms with E-state index in [-0.39, 0.29) is 13.0 Å². The zero-order valence-electron chi connectivity index (χ0n) is 18.8. The van der Waals surface area contributed by atoms with Gasteiger partial charge in [-0.15, -0.1) is 0 Å². The van der Waals surface area contributed by atoms with Crippen molar-refractivity contribution < 1.29 is 36.4 Å². The first-order valence-corrected chi connectivity index (χ1v) is 12.2. The fourth-order valence-corrected chi connectivity index (χ4v) is 5.60. The molecule has 2 aliphatic heterocycles.